The van der Waals surface area contributed by atoms with E-state index in [1.165, 1.54) is 11.8 Å². The summed E-state index contributed by atoms with van der Waals surface area (Å²) in [5, 5.41) is 14.8. The first-order valence-electron chi connectivity index (χ1n) is 9.25. The molecule has 1 aromatic heterocycles. The monoisotopic (exact) mass is 443 g/mol. The predicted octanol–water partition coefficient (Wildman–Crippen LogP) is 4.00. The average Bonchev–Trinajstić information content (AvgIpc) is 3.01. The summed E-state index contributed by atoms with van der Waals surface area (Å²) >= 11 is 7.33. The summed E-state index contributed by atoms with van der Waals surface area (Å²) in [6, 6.07) is 12.9. The van der Waals surface area contributed by atoms with Crippen molar-refractivity contribution in [3.63, 3.8) is 0 Å². The summed E-state index contributed by atoms with van der Waals surface area (Å²) in [6.07, 6.45) is 0.0457. The molecule has 3 aromatic rings. The molecule has 0 bridgehead atoms. The van der Waals surface area contributed by atoms with Gasteiger partial charge in [0.2, 0.25) is 11.8 Å². The largest absolute Gasteiger partial charge is 0.325 e. The van der Waals surface area contributed by atoms with Crippen LogP contribution in [0.25, 0.3) is 0 Å². The van der Waals surface area contributed by atoms with Gasteiger partial charge in [0.05, 0.1) is 22.9 Å². The van der Waals surface area contributed by atoms with Crippen LogP contribution in [0.15, 0.2) is 47.6 Å². The molecule has 7 nitrogen and oxygen atoms in total. The number of carbonyl (C=O) groups is 2. The molecule has 0 aliphatic rings. The van der Waals surface area contributed by atoms with Crippen LogP contribution >= 0.6 is 23.4 Å². The van der Waals surface area contributed by atoms with Crippen LogP contribution in [0.2, 0.25) is 5.02 Å². The standard InChI is InChI=1S/C21H22ClN5O2S/c1-13-8-14(2)10-15(9-13)23-20(29)12-30-21-26-25-18(27(21)3)11-19(28)24-17-7-5-4-6-16(17)22/h4-10H,11-12H2,1-3H3,(H,23,29)(H,24,28). The lowest BCUT2D eigenvalue weighted by atomic mass is 10.1. The summed E-state index contributed by atoms with van der Waals surface area (Å²) in [5.41, 5.74) is 3.49. The van der Waals surface area contributed by atoms with E-state index in [9.17, 15) is 9.59 Å². The van der Waals surface area contributed by atoms with Crippen molar-refractivity contribution in [3.8, 4) is 0 Å². The number of anilines is 2. The second-order valence-corrected chi connectivity index (χ2v) is 8.23. The zero-order valence-electron chi connectivity index (χ0n) is 16.9. The van der Waals surface area contributed by atoms with Crippen molar-refractivity contribution >= 4 is 46.6 Å². The minimum Gasteiger partial charge on any atom is -0.325 e. The first kappa shape index (κ1) is 21.9. The molecule has 0 unspecified atom stereocenters. The number of aromatic nitrogens is 3. The predicted molar refractivity (Wildman–Crippen MR) is 120 cm³/mol. The Hall–Kier alpha value is -2.84. The van der Waals surface area contributed by atoms with Crippen molar-refractivity contribution in [1.82, 2.24) is 14.8 Å². The number of benzene rings is 2. The molecule has 0 aliphatic carbocycles. The van der Waals surface area contributed by atoms with E-state index in [2.05, 4.69) is 20.8 Å². The average molecular weight is 444 g/mol. The van der Waals surface area contributed by atoms with Crippen molar-refractivity contribution in [1.29, 1.82) is 0 Å². The number of para-hydroxylation sites is 1. The Labute approximate surface area is 184 Å². The van der Waals surface area contributed by atoms with Gasteiger partial charge in [0, 0.05) is 12.7 Å². The van der Waals surface area contributed by atoms with E-state index in [0.717, 1.165) is 16.8 Å². The molecule has 0 spiro atoms. The maximum absolute atomic E-state index is 12.3. The molecule has 2 amide bonds. The van der Waals surface area contributed by atoms with Gasteiger partial charge in [-0.1, -0.05) is 41.6 Å². The molecule has 0 saturated heterocycles. The van der Waals surface area contributed by atoms with Crippen LogP contribution in [0.3, 0.4) is 0 Å². The number of nitrogens with one attached hydrogen (secondary N) is 2. The van der Waals surface area contributed by atoms with Crippen LogP contribution in [-0.4, -0.2) is 32.3 Å². The highest BCUT2D eigenvalue weighted by Crippen LogP contribution is 2.21. The van der Waals surface area contributed by atoms with E-state index in [-0.39, 0.29) is 24.0 Å². The third-order valence-electron chi connectivity index (χ3n) is 4.23. The minimum atomic E-state index is -0.247. The van der Waals surface area contributed by atoms with E-state index in [1.54, 1.807) is 35.9 Å². The second kappa shape index (κ2) is 9.77. The number of amides is 2. The Morgan fingerprint density at radius 2 is 1.73 bits per heavy atom. The van der Waals surface area contributed by atoms with E-state index >= 15 is 0 Å². The topological polar surface area (TPSA) is 88.9 Å². The molecule has 9 heteroatoms. The van der Waals surface area contributed by atoms with Crippen LogP contribution < -0.4 is 10.6 Å². The fraction of sp³-hybridized carbons (Fsp3) is 0.238. The lowest BCUT2D eigenvalue weighted by Gasteiger charge is -2.08. The summed E-state index contributed by atoms with van der Waals surface area (Å²) < 4.78 is 1.71. The Kier molecular flexibility index (Phi) is 7.12. The maximum atomic E-state index is 12.3. The highest BCUT2D eigenvalue weighted by Gasteiger charge is 2.15. The quantitative estimate of drug-likeness (QED) is 0.539. The Bertz CT molecular complexity index is 1060. The third kappa shape index (κ3) is 5.84. The molecule has 3 rings (SSSR count). The Balaban J connectivity index is 1.55. The van der Waals surface area contributed by atoms with Gasteiger partial charge in [0.25, 0.3) is 0 Å². The van der Waals surface area contributed by atoms with Gasteiger partial charge in [-0.05, 0) is 49.2 Å². The highest BCUT2D eigenvalue weighted by atomic mass is 35.5. The number of rotatable bonds is 7. The van der Waals surface area contributed by atoms with Crippen molar-refractivity contribution < 1.29 is 9.59 Å². The fourth-order valence-corrected chi connectivity index (χ4v) is 3.81. The van der Waals surface area contributed by atoms with E-state index < -0.39 is 0 Å². The van der Waals surface area contributed by atoms with Gasteiger partial charge in [-0.25, -0.2) is 0 Å². The zero-order valence-corrected chi connectivity index (χ0v) is 18.5. The molecule has 0 aliphatic heterocycles. The normalized spacial score (nSPS) is 10.7. The SMILES string of the molecule is Cc1cc(C)cc(NC(=O)CSc2nnc(CC(=O)Nc3ccccc3Cl)n2C)c1. The number of hydrogen-bond acceptors (Lipinski definition) is 5. The van der Waals surface area contributed by atoms with Gasteiger partial charge in [-0.2, -0.15) is 0 Å². The number of hydrogen-bond donors (Lipinski definition) is 2. The molecule has 2 aromatic carbocycles. The molecule has 0 fully saturated rings. The third-order valence-corrected chi connectivity index (χ3v) is 5.58. The first-order chi connectivity index (χ1) is 14.3. The van der Waals surface area contributed by atoms with Crippen LogP contribution in [0.5, 0.6) is 0 Å². The highest BCUT2D eigenvalue weighted by molar-refractivity contribution is 7.99. The van der Waals surface area contributed by atoms with E-state index in [4.69, 9.17) is 11.6 Å². The Morgan fingerprint density at radius 3 is 2.43 bits per heavy atom. The molecule has 2 N–H and O–H groups in total. The molecule has 30 heavy (non-hydrogen) atoms. The fourth-order valence-electron chi connectivity index (χ4n) is 2.90. The van der Waals surface area contributed by atoms with E-state index in [1.807, 2.05) is 32.0 Å². The van der Waals surface area contributed by atoms with Crippen molar-refractivity contribution in [3.05, 3.63) is 64.4 Å². The van der Waals surface area contributed by atoms with Crippen LogP contribution in [0.1, 0.15) is 17.0 Å². The summed E-state index contributed by atoms with van der Waals surface area (Å²) in [7, 11) is 1.77. The summed E-state index contributed by atoms with van der Waals surface area (Å²) in [6.45, 7) is 3.97. The second-order valence-electron chi connectivity index (χ2n) is 6.88. The van der Waals surface area contributed by atoms with Gasteiger partial charge >= 0.3 is 0 Å². The molecule has 156 valence electrons. The van der Waals surface area contributed by atoms with Gasteiger partial charge in [0.15, 0.2) is 5.16 Å². The van der Waals surface area contributed by atoms with Crippen LogP contribution in [0, 0.1) is 13.8 Å². The van der Waals surface area contributed by atoms with Gasteiger partial charge in [0.1, 0.15) is 5.82 Å². The molecule has 1 heterocycles. The van der Waals surface area contributed by atoms with E-state index in [0.29, 0.717) is 21.7 Å². The first-order valence-corrected chi connectivity index (χ1v) is 10.6. The van der Waals surface area contributed by atoms with Gasteiger partial charge in [-0.3, -0.25) is 9.59 Å². The molecular weight excluding hydrogens is 422 g/mol. The number of aryl methyl sites for hydroxylation is 2. The summed E-state index contributed by atoms with van der Waals surface area (Å²) in [5.74, 6) is 0.301. The number of halogens is 1. The number of nitrogens with zero attached hydrogens (tertiary/aromatic N) is 3. The number of carbonyl (C=O) groups excluding carboxylic acids is 2. The van der Waals surface area contributed by atoms with Crippen molar-refractivity contribution in [2.75, 3.05) is 16.4 Å². The zero-order chi connectivity index (χ0) is 21.7. The van der Waals surface area contributed by atoms with Crippen LogP contribution in [-0.2, 0) is 23.1 Å². The maximum Gasteiger partial charge on any atom is 0.234 e. The molecule has 0 atom stereocenters. The lowest BCUT2D eigenvalue weighted by molar-refractivity contribution is -0.116. The van der Waals surface area contributed by atoms with Gasteiger partial charge in [-0.15, -0.1) is 10.2 Å². The number of thioether (sulfide) groups is 1. The van der Waals surface area contributed by atoms with Crippen molar-refractivity contribution in [2.45, 2.75) is 25.4 Å². The summed E-state index contributed by atoms with van der Waals surface area (Å²) in [4.78, 5) is 24.6. The lowest BCUT2D eigenvalue weighted by Crippen LogP contribution is -2.17. The molecule has 0 radical (unpaired) electrons. The minimum absolute atomic E-state index is 0.0457. The molecule has 0 saturated carbocycles. The smallest absolute Gasteiger partial charge is 0.234 e. The Morgan fingerprint density at radius 1 is 1.03 bits per heavy atom. The van der Waals surface area contributed by atoms with Crippen molar-refractivity contribution in [2.24, 2.45) is 7.05 Å². The van der Waals surface area contributed by atoms with Crippen LogP contribution in [0.4, 0.5) is 11.4 Å². The molecular formula is C21H22ClN5O2S. The van der Waals surface area contributed by atoms with Gasteiger partial charge < -0.3 is 15.2 Å².